The van der Waals surface area contributed by atoms with Crippen molar-refractivity contribution in [3.05, 3.63) is 35.6 Å². The number of anilines is 2. The monoisotopic (exact) mass is 294 g/mol. The lowest BCUT2D eigenvalue weighted by atomic mass is 9.97. The Labute approximate surface area is 122 Å². The molecule has 0 atom stereocenters. The lowest BCUT2D eigenvalue weighted by Gasteiger charge is -2.41. The molecule has 0 aromatic heterocycles. The van der Waals surface area contributed by atoms with Crippen LogP contribution < -0.4 is 10.2 Å². The first-order valence-corrected chi connectivity index (χ1v) is 6.40. The van der Waals surface area contributed by atoms with Crippen molar-refractivity contribution in [3.63, 3.8) is 0 Å². The highest BCUT2D eigenvalue weighted by molar-refractivity contribution is 6.31. The molecule has 1 aliphatic rings. The molecule has 0 aliphatic carbocycles. The summed E-state index contributed by atoms with van der Waals surface area (Å²) in [6, 6.07) is 4.89. The third kappa shape index (κ3) is 2.36. The van der Waals surface area contributed by atoms with Crippen LogP contribution in [0.5, 0.6) is 0 Å². The molecule has 0 saturated heterocycles. The van der Waals surface area contributed by atoms with Crippen LogP contribution in [0.4, 0.5) is 16.2 Å². The zero-order valence-electron chi connectivity index (χ0n) is 11.5. The predicted octanol–water partition coefficient (Wildman–Crippen LogP) is 3.55. The van der Waals surface area contributed by atoms with Gasteiger partial charge in [-0.2, -0.15) is 0 Å². The second-order valence-corrected chi connectivity index (χ2v) is 5.52. The van der Waals surface area contributed by atoms with Crippen LogP contribution >= 0.6 is 11.6 Å². The molecule has 0 fully saturated rings. The molecule has 6 heteroatoms. The molecular formula is C14H15ClN2O3. The molecule has 1 aromatic carbocycles. The zero-order chi connectivity index (χ0) is 15.1. The summed E-state index contributed by atoms with van der Waals surface area (Å²) in [5, 5.41) is 3.21. The molecule has 0 radical (unpaired) electrons. The molecule has 1 heterocycles. The molecule has 0 spiro atoms. The number of carbonyl (C=O) groups excluding carboxylic acids is 2. The molecule has 1 aromatic rings. The van der Waals surface area contributed by atoms with Gasteiger partial charge in [0.2, 0.25) is 5.91 Å². The molecule has 2 amide bonds. The molecule has 20 heavy (non-hydrogen) atoms. The summed E-state index contributed by atoms with van der Waals surface area (Å²) in [4.78, 5) is 25.7. The number of ether oxygens (including phenoxy) is 1. The Morgan fingerprint density at radius 2 is 2.10 bits per heavy atom. The van der Waals surface area contributed by atoms with Crippen LogP contribution in [-0.2, 0) is 9.53 Å². The molecular weight excluding hydrogens is 280 g/mol. The van der Waals surface area contributed by atoms with Crippen LogP contribution in [-0.4, -0.2) is 17.5 Å². The second-order valence-electron chi connectivity index (χ2n) is 5.08. The van der Waals surface area contributed by atoms with Crippen molar-refractivity contribution in [2.24, 2.45) is 0 Å². The van der Waals surface area contributed by atoms with Crippen LogP contribution in [0.3, 0.4) is 0 Å². The van der Waals surface area contributed by atoms with Gasteiger partial charge >= 0.3 is 6.09 Å². The summed E-state index contributed by atoms with van der Waals surface area (Å²) in [6.07, 6.45) is -0.666. The van der Waals surface area contributed by atoms with Gasteiger partial charge in [0, 0.05) is 5.02 Å². The fraction of sp³-hybridized carbons (Fsp3) is 0.286. The van der Waals surface area contributed by atoms with E-state index in [0.29, 0.717) is 16.4 Å². The standard InChI is InChI=1S/C14H15ClN2O3/c1-8(2)20-13(19)17-11-7-9(15)5-6-10(11)16-12(18)14(17,3)4/h5-7H,1H2,2-4H3,(H,16,18). The van der Waals surface area contributed by atoms with E-state index in [9.17, 15) is 9.59 Å². The molecule has 2 rings (SSSR count). The Balaban J connectivity index is 2.56. The van der Waals surface area contributed by atoms with E-state index in [-0.39, 0.29) is 11.7 Å². The van der Waals surface area contributed by atoms with Crippen molar-refractivity contribution < 1.29 is 14.3 Å². The Morgan fingerprint density at radius 3 is 2.70 bits per heavy atom. The Morgan fingerprint density at radius 1 is 1.45 bits per heavy atom. The number of rotatable bonds is 1. The first kappa shape index (κ1) is 14.4. The van der Waals surface area contributed by atoms with Gasteiger partial charge in [-0.25, -0.2) is 4.79 Å². The zero-order valence-corrected chi connectivity index (χ0v) is 12.2. The third-order valence-electron chi connectivity index (χ3n) is 3.01. The van der Waals surface area contributed by atoms with Crippen molar-refractivity contribution in [2.75, 3.05) is 10.2 Å². The van der Waals surface area contributed by atoms with Gasteiger partial charge in [-0.05, 0) is 39.0 Å². The fourth-order valence-corrected chi connectivity index (χ4v) is 2.16. The maximum atomic E-state index is 12.3. The molecule has 1 N–H and O–H groups in total. The van der Waals surface area contributed by atoms with Crippen molar-refractivity contribution >= 4 is 35.0 Å². The smallest absolute Gasteiger partial charge is 0.415 e. The van der Waals surface area contributed by atoms with Crippen LogP contribution in [0.1, 0.15) is 20.8 Å². The van der Waals surface area contributed by atoms with Crippen LogP contribution in [0, 0.1) is 0 Å². The van der Waals surface area contributed by atoms with Crippen molar-refractivity contribution in [2.45, 2.75) is 26.3 Å². The summed E-state index contributed by atoms with van der Waals surface area (Å²) in [5.41, 5.74) is -0.0877. The van der Waals surface area contributed by atoms with Gasteiger partial charge in [0.05, 0.1) is 17.1 Å². The van der Waals surface area contributed by atoms with Crippen molar-refractivity contribution in [3.8, 4) is 0 Å². The quantitative estimate of drug-likeness (QED) is 0.806. The third-order valence-corrected chi connectivity index (χ3v) is 3.24. The van der Waals surface area contributed by atoms with Gasteiger partial charge in [0.25, 0.3) is 0 Å². The molecule has 0 saturated carbocycles. The number of benzene rings is 1. The van der Waals surface area contributed by atoms with E-state index in [2.05, 4.69) is 11.9 Å². The van der Waals surface area contributed by atoms with Gasteiger partial charge in [0.15, 0.2) is 0 Å². The van der Waals surface area contributed by atoms with E-state index in [1.165, 1.54) is 4.90 Å². The van der Waals surface area contributed by atoms with E-state index < -0.39 is 11.6 Å². The number of amides is 2. The van der Waals surface area contributed by atoms with E-state index in [4.69, 9.17) is 16.3 Å². The minimum absolute atomic E-state index is 0.250. The maximum Gasteiger partial charge on any atom is 0.420 e. The van der Waals surface area contributed by atoms with Crippen LogP contribution in [0.2, 0.25) is 5.02 Å². The van der Waals surface area contributed by atoms with Crippen LogP contribution in [0.25, 0.3) is 0 Å². The molecule has 0 unspecified atom stereocenters. The Kier molecular flexibility index (Phi) is 3.48. The molecule has 106 valence electrons. The number of carbonyl (C=O) groups is 2. The van der Waals surface area contributed by atoms with Gasteiger partial charge in [-0.1, -0.05) is 18.2 Å². The molecule has 1 aliphatic heterocycles. The summed E-state index contributed by atoms with van der Waals surface area (Å²) >= 11 is 5.97. The van der Waals surface area contributed by atoms with Crippen molar-refractivity contribution in [1.29, 1.82) is 0 Å². The minimum atomic E-state index is -1.09. The SMILES string of the molecule is C=C(C)OC(=O)N1c2cc(Cl)ccc2NC(=O)C1(C)C. The largest absolute Gasteiger partial charge is 0.420 e. The first-order valence-electron chi connectivity index (χ1n) is 6.02. The lowest BCUT2D eigenvalue weighted by Crippen LogP contribution is -2.58. The average molecular weight is 295 g/mol. The number of hydrogen-bond acceptors (Lipinski definition) is 3. The maximum absolute atomic E-state index is 12.3. The normalized spacial score (nSPS) is 16.2. The minimum Gasteiger partial charge on any atom is -0.415 e. The number of fused-ring (bicyclic) bond motifs is 1. The summed E-state index contributed by atoms with van der Waals surface area (Å²) < 4.78 is 5.04. The van der Waals surface area contributed by atoms with Crippen LogP contribution in [0.15, 0.2) is 30.5 Å². The lowest BCUT2D eigenvalue weighted by molar-refractivity contribution is -0.120. The second kappa shape index (κ2) is 4.83. The molecule has 0 bridgehead atoms. The number of hydrogen-bond donors (Lipinski definition) is 1. The van der Waals surface area contributed by atoms with E-state index >= 15 is 0 Å². The van der Waals surface area contributed by atoms with Gasteiger partial charge in [-0.15, -0.1) is 0 Å². The summed E-state index contributed by atoms with van der Waals surface area (Å²) in [5.74, 6) is -0.0497. The van der Waals surface area contributed by atoms with E-state index in [1.54, 1.807) is 39.0 Å². The topological polar surface area (TPSA) is 58.6 Å². The average Bonchev–Trinajstić information content (AvgIpc) is 2.29. The van der Waals surface area contributed by atoms with Gasteiger partial charge in [-0.3, -0.25) is 9.69 Å². The van der Waals surface area contributed by atoms with Crippen molar-refractivity contribution in [1.82, 2.24) is 0 Å². The number of nitrogens with zero attached hydrogens (tertiary/aromatic N) is 1. The predicted molar refractivity (Wildman–Crippen MR) is 77.9 cm³/mol. The Hall–Kier alpha value is -2.01. The van der Waals surface area contributed by atoms with Gasteiger partial charge in [0.1, 0.15) is 5.54 Å². The highest BCUT2D eigenvalue weighted by Crippen LogP contribution is 2.39. The Bertz CT molecular complexity index is 610. The fourth-order valence-electron chi connectivity index (χ4n) is 1.99. The first-order chi connectivity index (χ1) is 9.23. The number of nitrogens with one attached hydrogen (secondary N) is 1. The van der Waals surface area contributed by atoms with E-state index in [0.717, 1.165) is 0 Å². The summed E-state index contributed by atoms with van der Waals surface area (Å²) in [6.45, 7) is 8.36. The van der Waals surface area contributed by atoms with Gasteiger partial charge < -0.3 is 10.1 Å². The summed E-state index contributed by atoms with van der Waals surface area (Å²) in [7, 11) is 0. The molecule has 5 nitrogen and oxygen atoms in total. The highest BCUT2D eigenvalue weighted by atomic mass is 35.5. The van der Waals surface area contributed by atoms with E-state index in [1.807, 2.05) is 0 Å². The number of halogens is 1. The highest BCUT2D eigenvalue weighted by Gasteiger charge is 2.44. The number of allylic oxidation sites excluding steroid dienone is 1.